The second kappa shape index (κ2) is 6.45. The van der Waals surface area contributed by atoms with Gasteiger partial charge in [0.15, 0.2) is 5.78 Å². The van der Waals surface area contributed by atoms with Crippen LogP contribution in [-0.2, 0) is 9.59 Å². The number of thiophene rings is 1. The Labute approximate surface area is 164 Å². The molecule has 0 bridgehead atoms. The lowest BCUT2D eigenvalue weighted by atomic mass is 9.70. The van der Waals surface area contributed by atoms with Crippen LogP contribution in [0.5, 0.6) is 0 Å². The van der Waals surface area contributed by atoms with Gasteiger partial charge in [-0.2, -0.15) is 0 Å². The van der Waals surface area contributed by atoms with Gasteiger partial charge in [0.25, 0.3) is 0 Å². The SMILES string of the molecule is Cc1ccc(C)c(N2C(=O)CC(c3cccs3)C3=C2CC(C)(C)CC3=O)c1. The van der Waals surface area contributed by atoms with Crippen molar-refractivity contribution in [3.05, 3.63) is 63.0 Å². The van der Waals surface area contributed by atoms with Crippen molar-refractivity contribution < 1.29 is 9.59 Å². The molecule has 4 heteroatoms. The van der Waals surface area contributed by atoms with Gasteiger partial charge in [0.2, 0.25) is 5.91 Å². The Hall–Kier alpha value is -2.20. The Morgan fingerprint density at radius 2 is 1.89 bits per heavy atom. The van der Waals surface area contributed by atoms with Gasteiger partial charge in [0, 0.05) is 34.9 Å². The maximum atomic E-state index is 13.3. The molecule has 0 saturated carbocycles. The zero-order chi connectivity index (χ0) is 19.3. The first kappa shape index (κ1) is 18.2. The van der Waals surface area contributed by atoms with Crippen molar-refractivity contribution in [3.8, 4) is 0 Å². The number of rotatable bonds is 2. The smallest absolute Gasteiger partial charge is 0.232 e. The first-order chi connectivity index (χ1) is 12.8. The van der Waals surface area contributed by atoms with Crippen LogP contribution in [0.4, 0.5) is 5.69 Å². The molecule has 27 heavy (non-hydrogen) atoms. The topological polar surface area (TPSA) is 37.4 Å². The molecule has 0 saturated heterocycles. The van der Waals surface area contributed by atoms with Gasteiger partial charge in [-0.3, -0.25) is 14.5 Å². The van der Waals surface area contributed by atoms with E-state index in [0.29, 0.717) is 12.8 Å². The Morgan fingerprint density at radius 3 is 2.59 bits per heavy atom. The van der Waals surface area contributed by atoms with Gasteiger partial charge in [-0.05, 0) is 54.3 Å². The van der Waals surface area contributed by atoms with E-state index < -0.39 is 0 Å². The Kier molecular flexibility index (Phi) is 4.34. The minimum atomic E-state index is -0.135. The summed E-state index contributed by atoms with van der Waals surface area (Å²) in [6, 6.07) is 10.2. The maximum absolute atomic E-state index is 13.3. The number of hydrogen-bond donors (Lipinski definition) is 0. The molecule has 1 aromatic heterocycles. The lowest BCUT2D eigenvalue weighted by Gasteiger charge is -2.43. The molecule has 2 aliphatic rings. The van der Waals surface area contributed by atoms with Gasteiger partial charge in [-0.15, -0.1) is 11.3 Å². The van der Waals surface area contributed by atoms with E-state index in [4.69, 9.17) is 0 Å². The molecule has 1 aliphatic heterocycles. The van der Waals surface area contributed by atoms with E-state index in [9.17, 15) is 9.59 Å². The molecule has 2 aromatic rings. The summed E-state index contributed by atoms with van der Waals surface area (Å²) in [6.45, 7) is 8.31. The number of Topliss-reactive ketones (excluding diaryl/α,β-unsaturated/α-hetero) is 1. The number of aryl methyl sites for hydroxylation is 2. The highest BCUT2D eigenvalue weighted by molar-refractivity contribution is 7.10. The van der Waals surface area contributed by atoms with Crippen LogP contribution in [0.1, 0.15) is 55.0 Å². The summed E-state index contributed by atoms with van der Waals surface area (Å²) in [5.74, 6) is 0.186. The van der Waals surface area contributed by atoms with Crippen molar-refractivity contribution in [1.82, 2.24) is 0 Å². The Balaban J connectivity index is 1.93. The first-order valence-corrected chi connectivity index (χ1v) is 10.3. The molecule has 4 rings (SSSR count). The van der Waals surface area contributed by atoms with E-state index in [1.807, 2.05) is 36.3 Å². The highest BCUT2D eigenvalue weighted by Crippen LogP contribution is 2.49. The number of benzene rings is 1. The molecular formula is C23H25NO2S. The van der Waals surface area contributed by atoms with E-state index >= 15 is 0 Å². The quantitative estimate of drug-likeness (QED) is 0.688. The number of allylic oxidation sites excluding steroid dienone is 2. The van der Waals surface area contributed by atoms with E-state index in [2.05, 4.69) is 32.0 Å². The largest absolute Gasteiger partial charge is 0.294 e. The van der Waals surface area contributed by atoms with Crippen LogP contribution < -0.4 is 4.90 Å². The standard InChI is InChI=1S/C23H25NO2S/c1-14-7-8-15(2)17(10-14)24-18-12-23(3,4)13-19(25)22(18)16(11-21(24)26)20-6-5-9-27-20/h5-10,16H,11-13H2,1-4H3. The van der Waals surface area contributed by atoms with Crippen molar-refractivity contribution in [2.45, 2.75) is 52.9 Å². The number of carbonyl (C=O) groups excluding carboxylic acids is 2. The molecule has 1 atom stereocenters. The summed E-state index contributed by atoms with van der Waals surface area (Å²) in [7, 11) is 0. The molecular weight excluding hydrogens is 354 g/mol. The van der Waals surface area contributed by atoms with Gasteiger partial charge >= 0.3 is 0 Å². The molecule has 2 heterocycles. The van der Waals surface area contributed by atoms with Crippen LogP contribution in [0.2, 0.25) is 0 Å². The first-order valence-electron chi connectivity index (χ1n) is 9.47. The van der Waals surface area contributed by atoms with Crippen LogP contribution in [-0.4, -0.2) is 11.7 Å². The van der Waals surface area contributed by atoms with Crippen molar-refractivity contribution in [2.75, 3.05) is 4.90 Å². The molecule has 0 N–H and O–H groups in total. The molecule has 1 aromatic carbocycles. The summed E-state index contributed by atoms with van der Waals surface area (Å²) >= 11 is 1.63. The number of hydrogen-bond acceptors (Lipinski definition) is 3. The number of nitrogens with zero attached hydrogens (tertiary/aromatic N) is 1. The number of amides is 1. The van der Waals surface area contributed by atoms with Crippen LogP contribution in [0.3, 0.4) is 0 Å². The van der Waals surface area contributed by atoms with Gasteiger partial charge in [-0.25, -0.2) is 0 Å². The molecule has 3 nitrogen and oxygen atoms in total. The second-order valence-electron chi connectivity index (χ2n) is 8.59. The normalized spacial score (nSPS) is 22.2. The highest BCUT2D eigenvalue weighted by Gasteiger charge is 2.44. The van der Waals surface area contributed by atoms with Crippen molar-refractivity contribution in [2.24, 2.45) is 5.41 Å². The van der Waals surface area contributed by atoms with E-state index in [1.54, 1.807) is 11.3 Å². The van der Waals surface area contributed by atoms with Crippen molar-refractivity contribution in [3.63, 3.8) is 0 Å². The summed E-state index contributed by atoms with van der Waals surface area (Å²) in [4.78, 5) is 29.5. The lowest BCUT2D eigenvalue weighted by Crippen LogP contribution is -2.43. The Bertz CT molecular complexity index is 953. The highest BCUT2D eigenvalue weighted by atomic mass is 32.1. The molecule has 1 amide bonds. The Morgan fingerprint density at radius 1 is 1.11 bits per heavy atom. The molecule has 0 spiro atoms. The summed E-state index contributed by atoms with van der Waals surface area (Å²) in [5, 5.41) is 2.02. The second-order valence-corrected chi connectivity index (χ2v) is 9.57. The van der Waals surface area contributed by atoms with Crippen LogP contribution in [0.25, 0.3) is 0 Å². The average Bonchev–Trinajstić information content (AvgIpc) is 3.10. The number of anilines is 1. The molecule has 140 valence electrons. The molecule has 0 radical (unpaired) electrons. The van der Waals surface area contributed by atoms with Gasteiger partial charge in [0.05, 0.1) is 5.69 Å². The number of ketones is 1. The monoisotopic (exact) mass is 379 g/mol. The number of carbonyl (C=O) groups is 2. The maximum Gasteiger partial charge on any atom is 0.232 e. The van der Waals surface area contributed by atoms with Crippen molar-refractivity contribution >= 4 is 28.7 Å². The fourth-order valence-electron chi connectivity index (χ4n) is 4.39. The summed E-state index contributed by atoms with van der Waals surface area (Å²) in [6.07, 6.45) is 1.65. The molecule has 0 fully saturated rings. The van der Waals surface area contributed by atoms with Gasteiger partial charge in [0.1, 0.15) is 0 Å². The van der Waals surface area contributed by atoms with Gasteiger partial charge in [-0.1, -0.05) is 32.0 Å². The van der Waals surface area contributed by atoms with E-state index in [1.165, 1.54) is 0 Å². The third-order valence-electron chi connectivity index (χ3n) is 5.64. The van der Waals surface area contributed by atoms with E-state index in [-0.39, 0.29) is 23.0 Å². The van der Waals surface area contributed by atoms with Crippen LogP contribution >= 0.6 is 11.3 Å². The average molecular weight is 380 g/mol. The third-order valence-corrected chi connectivity index (χ3v) is 6.62. The van der Waals surface area contributed by atoms with E-state index in [0.717, 1.165) is 39.4 Å². The predicted octanol–water partition coefficient (Wildman–Crippen LogP) is 5.53. The molecule has 1 unspecified atom stereocenters. The van der Waals surface area contributed by atoms with Gasteiger partial charge < -0.3 is 0 Å². The van der Waals surface area contributed by atoms with Crippen molar-refractivity contribution in [1.29, 1.82) is 0 Å². The fraction of sp³-hybridized carbons (Fsp3) is 0.391. The summed E-state index contributed by atoms with van der Waals surface area (Å²) < 4.78 is 0. The lowest BCUT2D eigenvalue weighted by molar-refractivity contribution is -0.120. The minimum absolute atomic E-state index is 0.0892. The van der Waals surface area contributed by atoms with Crippen LogP contribution in [0.15, 0.2) is 47.0 Å². The zero-order valence-electron chi connectivity index (χ0n) is 16.3. The fourth-order valence-corrected chi connectivity index (χ4v) is 5.22. The summed E-state index contributed by atoms with van der Waals surface area (Å²) in [5.41, 5.74) is 4.74. The molecule has 1 aliphatic carbocycles. The third kappa shape index (κ3) is 3.16. The zero-order valence-corrected chi connectivity index (χ0v) is 17.2. The van der Waals surface area contributed by atoms with Crippen LogP contribution in [0, 0.1) is 19.3 Å². The predicted molar refractivity (Wildman–Crippen MR) is 110 cm³/mol. The minimum Gasteiger partial charge on any atom is -0.294 e.